The van der Waals surface area contributed by atoms with Crippen molar-refractivity contribution >= 4 is 11.3 Å². The van der Waals surface area contributed by atoms with Gasteiger partial charge in [-0.3, -0.25) is 0 Å². The molecule has 1 heterocycles. The minimum Gasteiger partial charge on any atom is -0.375 e. The molecular formula is C20H31N. The average molecular weight is 285 g/mol. The highest BCUT2D eigenvalue weighted by atomic mass is 15.0. The number of hydrogen-bond donors (Lipinski definition) is 1. The van der Waals surface area contributed by atoms with Gasteiger partial charge < -0.3 is 5.32 Å². The van der Waals surface area contributed by atoms with Crippen LogP contribution in [-0.2, 0) is 0 Å². The lowest BCUT2D eigenvalue weighted by Gasteiger charge is -2.43. The van der Waals surface area contributed by atoms with E-state index in [2.05, 4.69) is 60.7 Å². The molecule has 2 rings (SSSR count). The zero-order chi connectivity index (χ0) is 15.9. The Morgan fingerprint density at radius 1 is 0.762 bits per heavy atom. The van der Waals surface area contributed by atoms with Crippen molar-refractivity contribution < 1.29 is 0 Å². The van der Waals surface area contributed by atoms with Crippen LogP contribution in [0.15, 0.2) is 5.57 Å². The summed E-state index contributed by atoms with van der Waals surface area (Å²) in [6.45, 7) is 18.3. The first-order valence-corrected chi connectivity index (χ1v) is 8.43. The van der Waals surface area contributed by atoms with E-state index in [4.69, 9.17) is 0 Å². The summed E-state index contributed by atoms with van der Waals surface area (Å²) in [4.78, 5) is 0. The van der Waals surface area contributed by atoms with Crippen LogP contribution in [0.1, 0.15) is 74.8 Å². The van der Waals surface area contributed by atoms with Crippen LogP contribution < -0.4 is 5.32 Å². The Balaban J connectivity index is 2.87. The largest absolute Gasteiger partial charge is 0.375 e. The molecule has 0 fully saturated rings. The molecule has 1 aromatic rings. The predicted octanol–water partition coefficient (Wildman–Crippen LogP) is 6.09. The van der Waals surface area contributed by atoms with Crippen LogP contribution in [0.25, 0.3) is 5.57 Å². The standard InChI is InChI=1S/C20H31N/c1-9-17-16(8)20(10-2,11-3)21-19-15(7)13(5)12(4)14(6)18(17)19/h21H,9-11H2,1-8H3. The maximum Gasteiger partial charge on any atom is 0.0583 e. The van der Waals surface area contributed by atoms with Crippen molar-refractivity contribution in [3.8, 4) is 0 Å². The van der Waals surface area contributed by atoms with Crippen molar-refractivity contribution in [2.24, 2.45) is 0 Å². The molecule has 1 aromatic carbocycles. The molecule has 1 aliphatic rings. The predicted molar refractivity (Wildman–Crippen MR) is 95.2 cm³/mol. The quantitative estimate of drug-likeness (QED) is 0.708. The highest BCUT2D eigenvalue weighted by Gasteiger charge is 2.36. The van der Waals surface area contributed by atoms with Gasteiger partial charge in [0.05, 0.1) is 5.54 Å². The number of fused-ring (bicyclic) bond motifs is 1. The molecule has 0 saturated carbocycles. The van der Waals surface area contributed by atoms with Crippen LogP contribution in [0, 0.1) is 27.7 Å². The Labute approximate surface area is 130 Å². The van der Waals surface area contributed by atoms with Crippen molar-refractivity contribution in [3.05, 3.63) is 33.4 Å². The van der Waals surface area contributed by atoms with Gasteiger partial charge in [-0.05, 0) is 87.3 Å². The molecule has 0 saturated heterocycles. The molecule has 0 amide bonds. The molecule has 0 bridgehead atoms. The van der Waals surface area contributed by atoms with E-state index in [9.17, 15) is 0 Å². The van der Waals surface area contributed by atoms with Gasteiger partial charge in [-0.1, -0.05) is 20.8 Å². The van der Waals surface area contributed by atoms with Crippen molar-refractivity contribution in [3.63, 3.8) is 0 Å². The summed E-state index contributed by atoms with van der Waals surface area (Å²) < 4.78 is 0. The van der Waals surface area contributed by atoms with E-state index < -0.39 is 0 Å². The third kappa shape index (κ3) is 2.13. The van der Waals surface area contributed by atoms with Gasteiger partial charge in [0.2, 0.25) is 0 Å². The molecule has 0 spiro atoms. The van der Waals surface area contributed by atoms with Gasteiger partial charge in [-0.2, -0.15) is 0 Å². The number of hydrogen-bond acceptors (Lipinski definition) is 1. The number of nitrogens with one attached hydrogen (secondary N) is 1. The fourth-order valence-corrected chi connectivity index (χ4v) is 4.05. The second-order valence-electron chi connectivity index (χ2n) is 6.62. The number of benzene rings is 1. The first kappa shape index (κ1) is 16.1. The van der Waals surface area contributed by atoms with E-state index in [0.29, 0.717) is 0 Å². The molecule has 0 unspecified atom stereocenters. The van der Waals surface area contributed by atoms with Gasteiger partial charge in [-0.15, -0.1) is 0 Å². The van der Waals surface area contributed by atoms with E-state index in [1.54, 1.807) is 11.1 Å². The van der Waals surface area contributed by atoms with E-state index in [1.165, 1.54) is 33.5 Å². The number of anilines is 1. The van der Waals surface area contributed by atoms with E-state index in [-0.39, 0.29) is 5.54 Å². The normalized spacial score (nSPS) is 16.8. The third-order valence-corrected chi connectivity index (χ3v) is 6.08. The first-order chi connectivity index (χ1) is 9.84. The molecule has 0 aliphatic carbocycles. The summed E-state index contributed by atoms with van der Waals surface area (Å²) in [5.41, 5.74) is 11.9. The maximum absolute atomic E-state index is 3.94. The lowest BCUT2D eigenvalue weighted by atomic mass is 9.74. The van der Waals surface area contributed by atoms with Crippen molar-refractivity contribution in [2.75, 3.05) is 5.32 Å². The zero-order valence-electron chi connectivity index (χ0n) is 15.1. The molecule has 0 atom stereocenters. The molecule has 0 aromatic heterocycles. The second kappa shape index (κ2) is 5.51. The van der Waals surface area contributed by atoms with Crippen molar-refractivity contribution in [1.29, 1.82) is 0 Å². The Morgan fingerprint density at radius 2 is 1.29 bits per heavy atom. The second-order valence-corrected chi connectivity index (χ2v) is 6.62. The lowest BCUT2D eigenvalue weighted by molar-refractivity contribution is 0.501. The molecule has 116 valence electrons. The van der Waals surface area contributed by atoms with E-state index in [0.717, 1.165) is 19.3 Å². The SMILES string of the molecule is CCC1=C(C)C(CC)(CC)Nc2c(C)c(C)c(C)c(C)c21. The topological polar surface area (TPSA) is 12.0 Å². The minimum absolute atomic E-state index is 0.136. The summed E-state index contributed by atoms with van der Waals surface area (Å²) in [6, 6.07) is 0. The highest BCUT2D eigenvalue weighted by molar-refractivity contribution is 5.88. The summed E-state index contributed by atoms with van der Waals surface area (Å²) in [5, 5.41) is 3.94. The van der Waals surface area contributed by atoms with Gasteiger partial charge in [0.25, 0.3) is 0 Å². The van der Waals surface area contributed by atoms with Gasteiger partial charge in [0.15, 0.2) is 0 Å². The van der Waals surface area contributed by atoms with E-state index >= 15 is 0 Å². The van der Waals surface area contributed by atoms with Gasteiger partial charge in [0, 0.05) is 11.3 Å². The minimum atomic E-state index is 0.136. The smallest absolute Gasteiger partial charge is 0.0583 e. The summed E-state index contributed by atoms with van der Waals surface area (Å²) in [5.74, 6) is 0. The van der Waals surface area contributed by atoms with Crippen molar-refractivity contribution in [1.82, 2.24) is 0 Å². The van der Waals surface area contributed by atoms with Crippen LogP contribution in [0.4, 0.5) is 5.69 Å². The first-order valence-electron chi connectivity index (χ1n) is 8.43. The fraction of sp³-hybridized carbons (Fsp3) is 0.600. The van der Waals surface area contributed by atoms with Gasteiger partial charge >= 0.3 is 0 Å². The van der Waals surface area contributed by atoms with Crippen molar-refractivity contribution in [2.45, 2.75) is 80.2 Å². The third-order valence-electron chi connectivity index (χ3n) is 6.08. The van der Waals surface area contributed by atoms with Crippen LogP contribution in [-0.4, -0.2) is 5.54 Å². The van der Waals surface area contributed by atoms with Gasteiger partial charge in [0.1, 0.15) is 0 Å². The summed E-state index contributed by atoms with van der Waals surface area (Å²) >= 11 is 0. The Bertz CT molecular complexity index is 601. The van der Waals surface area contributed by atoms with Crippen LogP contribution in [0.3, 0.4) is 0 Å². The zero-order valence-corrected chi connectivity index (χ0v) is 15.1. The molecule has 1 nitrogen and oxygen atoms in total. The molecular weight excluding hydrogens is 254 g/mol. The molecule has 1 N–H and O–H groups in total. The monoisotopic (exact) mass is 285 g/mol. The number of allylic oxidation sites excluding steroid dienone is 1. The Kier molecular flexibility index (Phi) is 4.24. The Hall–Kier alpha value is -1.24. The summed E-state index contributed by atoms with van der Waals surface area (Å²) in [6.07, 6.45) is 3.40. The molecule has 1 aliphatic heterocycles. The fourth-order valence-electron chi connectivity index (χ4n) is 4.05. The van der Waals surface area contributed by atoms with Crippen LogP contribution in [0.2, 0.25) is 0 Å². The van der Waals surface area contributed by atoms with E-state index in [1.807, 2.05) is 0 Å². The maximum atomic E-state index is 3.94. The number of rotatable bonds is 3. The highest BCUT2D eigenvalue weighted by Crippen LogP contribution is 2.47. The lowest BCUT2D eigenvalue weighted by Crippen LogP contribution is -2.42. The molecule has 1 heteroatoms. The molecule has 0 radical (unpaired) electrons. The van der Waals surface area contributed by atoms with Gasteiger partial charge in [-0.25, -0.2) is 0 Å². The Morgan fingerprint density at radius 3 is 1.76 bits per heavy atom. The van der Waals surface area contributed by atoms with Crippen LogP contribution >= 0.6 is 0 Å². The summed E-state index contributed by atoms with van der Waals surface area (Å²) in [7, 11) is 0. The van der Waals surface area contributed by atoms with Crippen LogP contribution in [0.5, 0.6) is 0 Å². The average Bonchev–Trinajstić information content (AvgIpc) is 2.50. The molecule has 21 heavy (non-hydrogen) atoms.